The van der Waals surface area contributed by atoms with Crippen LogP contribution in [0.25, 0.3) is 11.1 Å². The molecule has 2 unspecified atom stereocenters. The van der Waals surface area contributed by atoms with Gasteiger partial charge in [0.25, 0.3) is 0 Å². The molecule has 2 aromatic rings. The molecule has 1 aliphatic heterocycles. The van der Waals surface area contributed by atoms with E-state index in [0.29, 0.717) is 58.6 Å². The predicted octanol–water partition coefficient (Wildman–Crippen LogP) is 4.67. The van der Waals surface area contributed by atoms with Crippen molar-refractivity contribution in [2.75, 3.05) is 34.4 Å². The minimum absolute atomic E-state index is 0.0569. The number of hydrogen-bond donors (Lipinski definition) is 4. The topological polar surface area (TPSA) is 141 Å². The number of methoxy groups -OCH3 is 1. The summed E-state index contributed by atoms with van der Waals surface area (Å²) in [6, 6.07) is 11.4. The van der Waals surface area contributed by atoms with Gasteiger partial charge in [0.05, 0.1) is 31.3 Å². The molecule has 10 atom stereocenters. The van der Waals surface area contributed by atoms with E-state index in [0.717, 1.165) is 6.42 Å². The standard InChI is InChI=1S/C41H62N4O7S/c1-24-31-19-41(40(31,6)7)20-32(41)35(24)42-38(48)36-34(25(2)47)33(23-46)52-45(36)21-27-14-12-16-30(37(27)51-10)26-13-11-15-29(17-26)53(49,50)43-28(22-44(8)9)18-39(3,4)5/h11-17,24-25,28,31-36,43,46-47H,18-23H2,1-10H3,(H,42,48)/t24-,25-,28-,31?,32-,33-,34+,35+,36-,41?/m0/s1. The molecular formula is C41H62N4O7S. The van der Waals surface area contributed by atoms with Crippen LogP contribution in [0.3, 0.4) is 0 Å². The molecule has 0 radical (unpaired) electrons. The Bertz CT molecular complexity index is 1770. The fraction of sp³-hybridized carbons (Fsp3) is 0.683. The van der Waals surface area contributed by atoms with Gasteiger partial charge in [0, 0.05) is 35.7 Å². The van der Waals surface area contributed by atoms with Crippen molar-refractivity contribution in [1.29, 1.82) is 0 Å². The number of aliphatic hydroxyl groups is 2. The second kappa shape index (κ2) is 14.5. The van der Waals surface area contributed by atoms with E-state index in [1.165, 1.54) is 6.42 Å². The summed E-state index contributed by atoms with van der Waals surface area (Å²) < 4.78 is 36.5. The highest BCUT2D eigenvalue weighted by atomic mass is 32.2. The van der Waals surface area contributed by atoms with E-state index in [2.05, 4.69) is 51.6 Å². The molecule has 1 saturated heterocycles. The van der Waals surface area contributed by atoms with Gasteiger partial charge in [-0.1, -0.05) is 71.9 Å². The summed E-state index contributed by atoms with van der Waals surface area (Å²) in [6.45, 7) is 15.3. The summed E-state index contributed by atoms with van der Waals surface area (Å²) >= 11 is 0. The van der Waals surface area contributed by atoms with Gasteiger partial charge in [-0.05, 0) is 92.0 Å². The summed E-state index contributed by atoms with van der Waals surface area (Å²) in [4.78, 5) is 22.7. The maximum Gasteiger partial charge on any atom is 0.240 e. The van der Waals surface area contributed by atoms with Gasteiger partial charge in [0.2, 0.25) is 15.9 Å². The summed E-state index contributed by atoms with van der Waals surface area (Å²) in [7, 11) is 1.57. The van der Waals surface area contributed by atoms with Crippen LogP contribution in [0.5, 0.6) is 5.75 Å². The van der Waals surface area contributed by atoms with E-state index in [-0.39, 0.29) is 46.9 Å². The zero-order chi connectivity index (χ0) is 38.8. The van der Waals surface area contributed by atoms with Crippen LogP contribution in [-0.4, -0.2) is 99.2 Å². The van der Waals surface area contributed by atoms with E-state index in [9.17, 15) is 23.4 Å². The number of nitrogens with one attached hydrogen (secondary N) is 2. The van der Waals surface area contributed by atoms with Gasteiger partial charge in [0.1, 0.15) is 17.9 Å². The van der Waals surface area contributed by atoms with Gasteiger partial charge in [0.15, 0.2) is 0 Å². The zero-order valence-electron chi connectivity index (χ0n) is 33.2. The van der Waals surface area contributed by atoms with E-state index in [1.807, 2.05) is 43.3 Å². The fourth-order valence-electron chi connectivity index (χ4n) is 10.5. The molecule has 53 heavy (non-hydrogen) atoms. The van der Waals surface area contributed by atoms with Crippen molar-refractivity contribution >= 4 is 15.9 Å². The number of ether oxygens (including phenoxy) is 1. The van der Waals surface area contributed by atoms with Crippen molar-refractivity contribution in [3.63, 3.8) is 0 Å². The Balaban J connectivity index is 1.26. The minimum atomic E-state index is -3.86. The third-order valence-electron chi connectivity index (χ3n) is 13.1. The lowest BCUT2D eigenvalue weighted by Gasteiger charge is -2.62. The van der Waals surface area contributed by atoms with Crippen LogP contribution < -0.4 is 14.8 Å². The quantitative estimate of drug-likeness (QED) is 0.217. The second-order valence-electron chi connectivity index (χ2n) is 18.4. The monoisotopic (exact) mass is 754 g/mol. The number of amides is 1. The molecule has 5 aliphatic rings. The summed E-state index contributed by atoms with van der Waals surface area (Å²) in [5, 5.41) is 26.3. The third-order valence-corrected chi connectivity index (χ3v) is 14.6. The predicted molar refractivity (Wildman–Crippen MR) is 205 cm³/mol. The summed E-state index contributed by atoms with van der Waals surface area (Å²) in [5.74, 6) is 0.988. The number of fused-ring (bicyclic) bond motifs is 1. The number of hydroxylamine groups is 2. The highest BCUT2D eigenvalue weighted by Gasteiger charge is 2.79. The lowest BCUT2D eigenvalue weighted by atomic mass is 9.43. The second-order valence-corrected chi connectivity index (χ2v) is 20.1. The first-order chi connectivity index (χ1) is 24.7. The Kier molecular flexibility index (Phi) is 11.0. The lowest BCUT2D eigenvalue weighted by molar-refractivity contribution is -0.183. The van der Waals surface area contributed by atoms with Crippen LogP contribution in [-0.2, 0) is 26.2 Å². The van der Waals surface area contributed by atoms with Crippen molar-refractivity contribution in [2.45, 2.75) is 110 Å². The van der Waals surface area contributed by atoms with E-state index < -0.39 is 34.2 Å². The third kappa shape index (κ3) is 7.42. The van der Waals surface area contributed by atoms with Crippen LogP contribution in [0.15, 0.2) is 47.4 Å². The summed E-state index contributed by atoms with van der Waals surface area (Å²) in [6.07, 6.45) is 1.35. The molecule has 5 fully saturated rings. The molecule has 2 aromatic carbocycles. The van der Waals surface area contributed by atoms with E-state index in [1.54, 1.807) is 37.3 Å². The number of hydrogen-bond acceptors (Lipinski definition) is 9. The van der Waals surface area contributed by atoms with Gasteiger partial charge >= 0.3 is 0 Å². The largest absolute Gasteiger partial charge is 0.496 e. The number of rotatable bonds is 14. The van der Waals surface area contributed by atoms with Gasteiger partial charge in [-0.25, -0.2) is 13.1 Å². The highest BCUT2D eigenvalue weighted by Crippen LogP contribution is 2.83. The molecule has 1 spiro atoms. The number of benzene rings is 2. The Morgan fingerprint density at radius 1 is 1.13 bits per heavy atom. The van der Waals surface area contributed by atoms with E-state index >= 15 is 0 Å². The molecular weight excluding hydrogens is 693 g/mol. The molecule has 12 heteroatoms. The number of aliphatic hydroxyl groups excluding tert-OH is 2. The zero-order valence-corrected chi connectivity index (χ0v) is 34.0. The molecule has 7 rings (SSSR count). The van der Waals surface area contributed by atoms with Crippen LogP contribution >= 0.6 is 0 Å². The Hall–Kier alpha value is -2.58. The first-order valence-corrected chi connectivity index (χ1v) is 20.7. The first-order valence-electron chi connectivity index (χ1n) is 19.2. The Morgan fingerprint density at radius 3 is 2.42 bits per heavy atom. The Morgan fingerprint density at radius 2 is 1.81 bits per heavy atom. The van der Waals surface area contributed by atoms with Crippen LogP contribution in [0.2, 0.25) is 0 Å². The highest BCUT2D eigenvalue weighted by molar-refractivity contribution is 7.89. The molecule has 1 amide bonds. The molecule has 11 nitrogen and oxygen atoms in total. The van der Waals surface area contributed by atoms with Gasteiger partial charge in [-0.3, -0.25) is 9.63 Å². The lowest BCUT2D eigenvalue weighted by Crippen LogP contribution is -2.63. The van der Waals surface area contributed by atoms with Gasteiger partial charge in [-0.15, -0.1) is 0 Å². The van der Waals surface area contributed by atoms with Crippen LogP contribution in [0.1, 0.15) is 73.3 Å². The van der Waals surface area contributed by atoms with Gasteiger partial charge < -0.3 is 25.2 Å². The molecule has 2 bridgehead atoms. The molecule has 4 N–H and O–H groups in total. The maximum atomic E-state index is 14.3. The molecule has 0 aromatic heterocycles. The fourth-order valence-corrected chi connectivity index (χ4v) is 11.8. The summed E-state index contributed by atoms with van der Waals surface area (Å²) in [5.41, 5.74) is 2.58. The van der Waals surface area contributed by atoms with Crippen molar-refractivity contribution < 1.29 is 33.0 Å². The number of carbonyl (C=O) groups is 1. The van der Waals surface area contributed by atoms with Crippen molar-refractivity contribution in [2.24, 2.45) is 39.9 Å². The normalized spacial score (nSPS) is 31.8. The average Bonchev–Trinajstić information content (AvgIpc) is 3.75. The number of likely N-dealkylation sites (N-methyl/N-ethyl adjacent to an activating group) is 1. The number of para-hydroxylation sites is 1. The number of nitrogens with zero attached hydrogens (tertiary/aromatic N) is 2. The molecule has 4 aliphatic carbocycles. The van der Waals surface area contributed by atoms with Crippen molar-refractivity contribution in [3.05, 3.63) is 48.0 Å². The molecule has 1 heterocycles. The molecule has 294 valence electrons. The first kappa shape index (κ1) is 40.1. The number of sulfonamides is 1. The maximum absolute atomic E-state index is 14.3. The van der Waals surface area contributed by atoms with Crippen LogP contribution in [0, 0.1) is 39.9 Å². The average molecular weight is 755 g/mol. The van der Waals surface area contributed by atoms with E-state index in [4.69, 9.17) is 9.57 Å². The smallest absolute Gasteiger partial charge is 0.240 e. The van der Waals surface area contributed by atoms with Crippen molar-refractivity contribution in [3.8, 4) is 16.9 Å². The van der Waals surface area contributed by atoms with Gasteiger partial charge in [-0.2, -0.15) is 5.06 Å². The van der Waals surface area contributed by atoms with Crippen molar-refractivity contribution in [1.82, 2.24) is 20.0 Å². The SMILES string of the molecule is COc1c(CN2O[C@@H](CO)[C@@H]([C@H](C)O)[C@H]2C(=O)N[C@@H]2[C@@H](C)C3CC4(C[C@@H]24)C3(C)C)cccc1-c1cccc(S(=O)(=O)N[C@H](CN(C)C)CC(C)(C)C)c1. The van der Waals surface area contributed by atoms with Crippen LogP contribution in [0.4, 0.5) is 0 Å². The number of carbonyl (C=O) groups excluding carboxylic acids is 1. The minimum Gasteiger partial charge on any atom is -0.496 e. The Labute approximate surface area is 316 Å². The molecule has 4 saturated carbocycles.